The van der Waals surface area contributed by atoms with Crippen molar-refractivity contribution >= 4 is 44.5 Å². The van der Waals surface area contributed by atoms with Gasteiger partial charge in [-0.15, -0.1) is 0 Å². The number of rotatable bonds is 4. The third-order valence-corrected chi connectivity index (χ3v) is 8.85. The zero-order valence-corrected chi connectivity index (χ0v) is 20.6. The van der Waals surface area contributed by atoms with Crippen LogP contribution in [-0.2, 0) is 5.54 Å². The zero-order chi connectivity index (χ0) is 22.5. The molecule has 31 heavy (non-hydrogen) atoms. The lowest BCUT2D eigenvalue weighted by atomic mass is 9.86. The van der Waals surface area contributed by atoms with Crippen LogP contribution in [0.25, 0.3) is 11.1 Å². The zero-order valence-electron chi connectivity index (χ0n) is 18.2. The molecule has 0 saturated carbocycles. The molecule has 0 unspecified atom stereocenters. The quantitative estimate of drug-likeness (QED) is 0.322. The molecule has 0 radical (unpaired) electrons. The Kier molecular flexibility index (Phi) is 5.57. The predicted molar refractivity (Wildman–Crippen MR) is 129 cm³/mol. The van der Waals surface area contributed by atoms with Crippen molar-refractivity contribution in [2.75, 3.05) is 26.2 Å². The molecular formula is C23H23NO4S3. The van der Waals surface area contributed by atoms with Gasteiger partial charge in [0.25, 0.3) is 5.91 Å². The average molecular weight is 474 g/mol. The summed E-state index contributed by atoms with van der Waals surface area (Å²) in [5.41, 5.74) is 3.91. The third-order valence-electron chi connectivity index (χ3n) is 5.52. The number of benzene rings is 2. The Balaban J connectivity index is 1.94. The number of amides is 1. The fourth-order valence-corrected chi connectivity index (χ4v) is 7.32. The second kappa shape index (κ2) is 7.93. The van der Waals surface area contributed by atoms with Gasteiger partial charge in [-0.05, 0) is 45.0 Å². The van der Waals surface area contributed by atoms with Gasteiger partial charge in [-0.25, -0.2) is 0 Å². The largest absolute Gasteiger partial charge is 0.493 e. The summed E-state index contributed by atoms with van der Waals surface area (Å²) in [5, 5.41) is 0. The van der Waals surface area contributed by atoms with E-state index in [1.807, 2.05) is 24.0 Å². The molecule has 4 rings (SSSR count). The maximum atomic E-state index is 14.0. The van der Waals surface area contributed by atoms with Crippen molar-refractivity contribution in [1.82, 2.24) is 0 Å². The van der Waals surface area contributed by atoms with Gasteiger partial charge < -0.3 is 14.2 Å². The van der Waals surface area contributed by atoms with E-state index >= 15 is 0 Å². The summed E-state index contributed by atoms with van der Waals surface area (Å²) in [7, 11) is 7.84. The molecule has 0 atom stereocenters. The Labute approximate surface area is 194 Å². The second-order valence-electron chi connectivity index (χ2n) is 7.79. The number of hydrogen-bond donors (Lipinski definition) is 0. The van der Waals surface area contributed by atoms with Crippen LogP contribution in [0.1, 0.15) is 34.6 Å². The highest BCUT2D eigenvalue weighted by Gasteiger charge is 2.43. The van der Waals surface area contributed by atoms with Crippen molar-refractivity contribution in [3.8, 4) is 28.4 Å². The van der Waals surface area contributed by atoms with E-state index < -0.39 is 5.54 Å². The molecule has 8 heteroatoms. The molecule has 0 aliphatic carbocycles. The van der Waals surface area contributed by atoms with E-state index in [1.165, 1.54) is 0 Å². The first-order chi connectivity index (χ1) is 14.7. The van der Waals surface area contributed by atoms with E-state index in [0.29, 0.717) is 22.8 Å². The maximum absolute atomic E-state index is 14.0. The highest BCUT2D eigenvalue weighted by atomic mass is 32.9. The van der Waals surface area contributed by atoms with Crippen LogP contribution in [-0.4, -0.2) is 27.2 Å². The molecule has 162 valence electrons. The molecule has 0 fully saturated rings. The van der Waals surface area contributed by atoms with E-state index in [-0.39, 0.29) is 5.91 Å². The van der Waals surface area contributed by atoms with Gasteiger partial charge in [-0.3, -0.25) is 9.69 Å². The number of aryl methyl sites for hydroxylation is 1. The smallest absolute Gasteiger partial charge is 0.259 e. The summed E-state index contributed by atoms with van der Waals surface area (Å²) < 4.78 is 17.2. The van der Waals surface area contributed by atoms with E-state index in [9.17, 15) is 4.79 Å². The minimum atomic E-state index is -0.576. The van der Waals surface area contributed by atoms with Crippen molar-refractivity contribution in [3.63, 3.8) is 0 Å². The van der Waals surface area contributed by atoms with Gasteiger partial charge in [0.2, 0.25) is 5.75 Å². The van der Waals surface area contributed by atoms with Crippen LogP contribution < -0.4 is 19.1 Å². The second-order valence-corrected chi connectivity index (χ2v) is 10.6. The maximum Gasteiger partial charge on any atom is 0.259 e. The number of fused-ring (bicyclic) bond motifs is 3. The van der Waals surface area contributed by atoms with Crippen molar-refractivity contribution in [2.45, 2.75) is 26.3 Å². The standard InChI is InChI=1S/C23H23NO4S3/c1-12-7-8-15-14(9-12)18-20(30-31-22(18)29)23(2,3)24(15)21(25)13-10-16(26-4)19(28-6)17(11-13)27-5/h7-11H,1-6H3. The first-order valence-corrected chi connectivity index (χ1v) is 12.2. The Hall–Kier alpha value is -2.42. The minimum Gasteiger partial charge on any atom is -0.493 e. The van der Waals surface area contributed by atoms with Crippen molar-refractivity contribution in [1.29, 1.82) is 0 Å². The number of methoxy groups -OCH3 is 3. The lowest BCUT2D eigenvalue weighted by Crippen LogP contribution is -2.47. The normalized spacial score (nSPS) is 13.9. The van der Waals surface area contributed by atoms with Crippen molar-refractivity contribution < 1.29 is 19.0 Å². The van der Waals surface area contributed by atoms with Crippen LogP contribution in [0, 0.1) is 10.7 Å². The summed E-state index contributed by atoms with van der Waals surface area (Å²) in [4.78, 5) is 16.9. The summed E-state index contributed by atoms with van der Waals surface area (Å²) in [6.07, 6.45) is 0. The number of hydrogen-bond acceptors (Lipinski definition) is 7. The van der Waals surface area contributed by atoms with Gasteiger partial charge in [-0.2, -0.15) is 0 Å². The Morgan fingerprint density at radius 1 is 1.00 bits per heavy atom. The lowest BCUT2D eigenvalue weighted by molar-refractivity contribution is 0.0960. The number of nitrogens with zero attached hydrogens (tertiary/aromatic N) is 1. The molecular weight excluding hydrogens is 450 g/mol. The SMILES string of the molecule is COc1cc(C(=O)N2c3ccc(C)cc3-c3c(ssc3=S)C2(C)C)cc(OC)c1OC. The molecule has 1 amide bonds. The molecule has 1 aliphatic rings. The molecule has 0 bridgehead atoms. The van der Waals surface area contributed by atoms with Crippen LogP contribution in [0.4, 0.5) is 5.69 Å². The number of carbonyl (C=O) groups is 1. The highest BCUT2D eigenvalue weighted by molar-refractivity contribution is 7.80. The molecule has 2 aromatic carbocycles. The molecule has 0 spiro atoms. The van der Waals surface area contributed by atoms with Gasteiger partial charge in [0.15, 0.2) is 11.5 Å². The van der Waals surface area contributed by atoms with Crippen LogP contribution >= 0.6 is 32.9 Å². The molecule has 1 aromatic heterocycles. The lowest BCUT2D eigenvalue weighted by Gasteiger charge is -2.43. The molecule has 3 aromatic rings. The summed E-state index contributed by atoms with van der Waals surface area (Å²) in [5.74, 6) is 1.19. The Bertz CT molecular complexity index is 1220. The fourth-order valence-electron chi connectivity index (χ4n) is 4.04. The van der Waals surface area contributed by atoms with E-state index in [2.05, 4.69) is 19.9 Å². The van der Waals surface area contributed by atoms with Crippen molar-refractivity contribution in [2.24, 2.45) is 0 Å². The summed E-state index contributed by atoms with van der Waals surface area (Å²) >= 11 is 5.66. The van der Waals surface area contributed by atoms with Gasteiger partial charge in [-0.1, -0.05) is 44.5 Å². The number of ether oxygens (including phenoxy) is 3. The number of anilines is 1. The van der Waals surface area contributed by atoms with E-state index in [1.54, 1.807) is 54.1 Å². The van der Waals surface area contributed by atoms with Gasteiger partial charge in [0.1, 0.15) is 3.82 Å². The van der Waals surface area contributed by atoms with Crippen LogP contribution in [0.3, 0.4) is 0 Å². The highest BCUT2D eigenvalue weighted by Crippen LogP contribution is 2.53. The third kappa shape index (κ3) is 3.33. The van der Waals surface area contributed by atoms with Crippen LogP contribution in [0.5, 0.6) is 17.2 Å². The monoisotopic (exact) mass is 473 g/mol. The van der Waals surface area contributed by atoms with Crippen LogP contribution in [0.2, 0.25) is 0 Å². The summed E-state index contributed by atoms with van der Waals surface area (Å²) in [6, 6.07) is 9.52. The van der Waals surface area contributed by atoms with Gasteiger partial charge >= 0.3 is 0 Å². The predicted octanol–water partition coefficient (Wildman–Crippen LogP) is 6.44. The van der Waals surface area contributed by atoms with E-state index in [4.69, 9.17) is 26.4 Å². The van der Waals surface area contributed by atoms with Crippen LogP contribution in [0.15, 0.2) is 30.3 Å². The topological polar surface area (TPSA) is 48.0 Å². The molecule has 1 aliphatic heterocycles. The molecule has 0 N–H and O–H groups in total. The Morgan fingerprint density at radius 2 is 1.65 bits per heavy atom. The van der Waals surface area contributed by atoms with Crippen molar-refractivity contribution in [3.05, 3.63) is 50.2 Å². The molecule has 5 nitrogen and oxygen atoms in total. The molecule has 2 heterocycles. The summed E-state index contributed by atoms with van der Waals surface area (Å²) in [6.45, 7) is 6.16. The molecule has 0 saturated heterocycles. The van der Waals surface area contributed by atoms with Gasteiger partial charge in [0.05, 0.1) is 37.4 Å². The van der Waals surface area contributed by atoms with E-state index in [0.717, 1.165) is 31.1 Å². The fraction of sp³-hybridized carbons (Fsp3) is 0.304. The first kappa shape index (κ1) is 21.8. The Morgan fingerprint density at radius 3 is 2.23 bits per heavy atom. The average Bonchev–Trinajstić information content (AvgIpc) is 3.15. The van der Waals surface area contributed by atoms with Gasteiger partial charge in [0, 0.05) is 16.7 Å². The first-order valence-electron chi connectivity index (χ1n) is 9.63. The number of carbonyl (C=O) groups excluding carboxylic acids is 1. The minimum absolute atomic E-state index is 0.149.